The number of thiazole rings is 1. The van der Waals surface area contributed by atoms with Gasteiger partial charge < -0.3 is 10.6 Å². The van der Waals surface area contributed by atoms with Crippen LogP contribution >= 0.6 is 11.3 Å². The molecular formula is C16H19N3OS. The summed E-state index contributed by atoms with van der Waals surface area (Å²) in [7, 11) is 5.27. The van der Waals surface area contributed by atoms with Crippen molar-refractivity contribution in [1.82, 2.24) is 10.3 Å². The number of aromatic nitrogens is 1. The van der Waals surface area contributed by atoms with Gasteiger partial charge in [-0.05, 0) is 36.9 Å². The van der Waals surface area contributed by atoms with Gasteiger partial charge >= 0.3 is 0 Å². The van der Waals surface area contributed by atoms with Crippen molar-refractivity contribution in [2.75, 3.05) is 11.9 Å². The average molecular weight is 301 g/mol. The van der Waals surface area contributed by atoms with Crippen LogP contribution in [0.3, 0.4) is 0 Å². The molecule has 2 rings (SSSR count). The molecule has 1 aromatic heterocycles. The predicted octanol–water partition coefficient (Wildman–Crippen LogP) is 2.69. The van der Waals surface area contributed by atoms with E-state index in [4.69, 9.17) is 7.05 Å². The summed E-state index contributed by atoms with van der Waals surface area (Å²) >= 11 is 1.46. The van der Waals surface area contributed by atoms with Gasteiger partial charge in [0.05, 0.1) is 5.69 Å². The van der Waals surface area contributed by atoms with Crippen molar-refractivity contribution in [3.05, 3.63) is 53.5 Å². The topological polar surface area (TPSA) is 54.0 Å². The summed E-state index contributed by atoms with van der Waals surface area (Å²) in [6, 6.07) is 8.56. The molecule has 0 aliphatic carbocycles. The third-order valence-electron chi connectivity index (χ3n) is 3.09. The second-order valence-corrected chi connectivity index (χ2v) is 5.70. The number of rotatable bonds is 7. The maximum Gasteiger partial charge on any atom is 0.223 e. The number of benzene rings is 1. The monoisotopic (exact) mass is 301 g/mol. The second-order valence-electron chi connectivity index (χ2n) is 4.85. The molecule has 1 amide bonds. The summed E-state index contributed by atoms with van der Waals surface area (Å²) in [6.45, 7) is 2.27. The largest absolute Gasteiger partial charge is 0.311 e. The molecule has 1 aromatic carbocycles. The van der Waals surface area contributed by atoms with Crippen molar-refractivity contribution in [2.45, 2.75) is 26.2 Å². The average Bonchev–Trinajstić information content (AvgIpc) is 2.91. The van der Waals surface area contributed by atoms with Gasteiger partial charge in [-0.15, -0.1) is 11.3 Å². The lowest BCUT2D eigenvalue weighted by Crippen LogP contribution is -2.07. The fraction of sp³-hybridized carbons (Fsp3) is 0.312. The van der Waals surface area contributed by atoms with Crippen LogP contribution in [0.15, 0.2) is 29.6 Å². The summed E-state index contributed by atoms with van der Waals surface area (Å²) in [6.07, 6.45) is 2.75. The van der Waals surface area contributed by atoms with Crippen molar-refractivity contribution < 1.29 is 4.79 Å². The third kappa shape index (κ3) is 5.28. The van der Waals surface area contributed by atoms with Crippen molar-refractivity contribution in [3.8, 4) is 0 Å². The highest BCUT2D eigenvalue weighted by Gasteiger charge is 2.04. The van der Waals surface area contributed by atoms with E-state index >= 15 is 0 Å². The summed E-state index contributed by atoms with van der Waals surface area (Å²) in [5, 5.41) is 8.02. The number of hydrogen-bond acceptors (Lipinski definition) is 4. The lowest BCUT2D eigenvalue weighted by molar-refractivity contribution is -0.114. The van der Waals surface area contributed by atoms with Crippen LogP contribution in [-0.2, 0) is 24.1 Å². The minimum Gasteiger partial charge on any atom is -0.311 e. The first kappa shape index (κ1) is 15.7. The first-order valence-corrected chi connectivity index (χ1v) is 7.78. The van der Waals surface area contributed by atoms with Crippen LogP contribution < -0.4 is 10.6 Å². The van der Waals surface area contributed by atoms with Gasteiger partial charge in [0, 0.05) is 19.4 Å². The molecule has 1 heterocycles. The molecule has 2 radical (unpaired) electrons. The van der Waals surface area contributed by atoms with Crippen LogP contribution in [0.5, 0.6) is 0 Å². The van der Waals surface area contributed by atoms with E-state index in [0.717, 1.165) is 31.5 Å². The molecule has 0 bridgehead atoms. The Morgan fingerprint density at radius 2 is 1.86 bits per heavy atom. The van der Waals surface area contributed by atoms with E-state index in [9.17, 15) is 4.79 Å². The molecule has 0 saturated heterocycles. The molecule has 21 heavy (non-hydrogen) atoms. The molecule has 2 N–H and O–H groups in total. The zero-order valence-corrected chi connectivity index (χ0v) is 12.9. The van der Waals surface area contributed by atoms with Crippen molar-refractivity contribution >= 4 is 22.4 Å². The fourth-order valence-electron chi connectivity index (χ4n) is 1.99. The van der Waals surface area contributed by atoms with Crippen LogP contribution in [0.4, 0.5) is 5.13 Å². The summed E-state index contributed by atoms with van der Waals surface area (Å²) in [4.78, 5) is 15.3. The quantitative estimate of drug-likeness (QED) is 0.773. The maximum atomic E-state index is 11.0. The SMILES string of the molecule is [CH]NCCc1ccc(CCc2csc(NC(C)=O)n2)cc1. The molecule has 5 heteroatoms. The van der Waals surface area contributed by atoms with E-state index in [-0.39, 0.29) is 5.91 Å². The highest BCUT2D eigenvalue weighted by molar-refractivity contribution is 7.13. The Bertz CT molecular complexity index is 577. The number of carbonyl (C=O) groups excluding carboxylic acids is 1. The van der Waals surface area contributed by atoms with Crippen LogP contribution in [-0.4, -0.2) is 17.4 Å². The van der Waals surface area contributed by atoms with E-state index in [1.54, 1.807) is 0 Å². The van der Waals surface area contributed by atoms with Gasteiger partial charge in [0.25, 0.3) is 0 Å². The van der Waals surface area contributed by atoms with E-state index in [1.165, 1.54) is 29.4 Å². The van der Waals surface area contributed by atoms with Crippen LogP contribution in [0.2, 0.25) is 0 Å². The number of anilines is 1. The van der Waals surface area contributed by atoms with Crippen molar-refractivity contribution in [2.24, 2.45) is 0 Å². The summed E-state index contributed by atoms with van der Waals surface area (Å²) < 4.78 is 0. The highest BCUT2D eigenvalue weighted by Crippen LogP contribution is 2.17. The Labute approximate surface area is 129 Å². The Morgan fingerprint density at radius 1 is 1.19 bits per heavy atom. The molecule has 0 aliphatic rings. The molecule has 0 saturated carbocycles. The number of nitrogens with zero attached hydrogens (tertiary/aromatic N) is 1. The molecule has 2 aromatic rings. The predicted molar refractivity (Wildman–Crippen MR) is 86.3 cm³/mol. The van der Waals surface area contributed by atoms with Crippen LogP contribution in [0, 0.1) is 7.05 Å². The van der Waals surface area contributed by atoms with Gasteiger partial charge in [-0.3, -0.25) is 4.79 Å². The first-order valence-electron chi connectivity index (χ1n) is 6.90. The molecular weight excluding hydrogens is 282 g/mol. The number of nitrogens with one attached hydrogen (secondary N) is 2. The van der Waals surface area contributed by atoms with Crippen molar-refractivity contribution in [1.29, 1.82) is 0 Å². The molecule has 0 aliphatic heterocycles. The number of aryl methyl sites for hydroxylation is 2. The molecule has 0 atom stereocenters. The highest BCUT2D eigenvalue weighted by atomic mass is 32.1. The summed E-state index contributed by atoms with van der Waals surface area (Å²) in [5.41, 5.74) is 3.58. The van der Waals surface area contributed by atoms with E-state index < -0.39 is 0 Å². The smallest absolute Gasteiger partial charge is 0.223 e. The van der Waals surface area contributed by atoms with Crippen LogP contribution in [0.1, 0.15) is 23.7 Å². The minimum atomic E-state index is -0.0848. The van der Waals surface area contributed by atoms with Gasteiger partial charge in [0.1, 0.15) is 0 Å². The van der Waals surface area contributed by atoms with Gasteiger partial charge in [-0.25, -0.2) is 4.98 Å². The zero-order chi connectivity index (χ0) is 15.1. The molecule has 110 valence electrons. The number of carbonyl (C=O) groups is 1. The number of hydrogen-bond donors (Lipinski definition) is 2. The maximum absolute atomic E-state index is 11.0. The molecule has 0 unspecified atom stereocenters. The van der Waals surface area contributed by atoms with Gasteiger partial charge in [0.15, 0.2) is 5.13 Å². The lowest BCUT2D eigenvalue weighted by atomic mass is 10.0. The Morgan fingerprint density at radius 3 is 2.48 bits per heavy atom. The van der Waals surface area contributed by atoms with E-state index in [1.807, 2.05) is 5.38 Å². The van der Waals surface area contributed by atoms with E-state index in [0.29, 0.717) is 5.13 Å². The van der Waals surface area contributed by atoms with Gasteiger partial charge in [-0.1, -0.05) is 24.3 Å². The molecule has 0 spiro atoms. The van der Waals surface area contributed by atoms with E-state index in [2.05, 4.69) is 39.9 Å². The fourth-order valence-corrected chi connectivity index (χ4v) is 2.78. The third-order valence-corrected chi connectivity index (χ3v) is 3.89. The Hall–Kier alpha value is -1.72. The summed E-state index contributed by atoms with van der Waals surface area (Å²) in [5.74, 6) is -0.0848. The molecule has 4 nitrogen and oxygen atoms in total. The van der Waals surface area contributed by atoms with Crippen LogP contribution in [0.25, 0.3) is 0 Å². The second kappa shape index (κ2) is 7.90. The zero-order valence-electron chi connectivity index (χ0n) is 12.1. The number of amides is 1. The first-order chi connectivity index (χ1) is 10.2. The standard InChI is InChI=1S/C16H19N3OS/c1-12(20)18-16-19-15(11-21-16)8-7-13-3-5-14(6-4-13)9-10-17-2/h2-6,11,17H,7-10H2,1H3,(H,18,19,20). The normalized spacial score (nSPS) is 10.6. The lowest BCUT2D eigenvalue weighted by Gasteiger charge is -2.03. The molecule has 0 fully saturated rings. The van der Waals surface area contributed by atoms with Crippen molar-refractivity contribution in [3.63, 3.8) is 0 Å². The van der Waals surface area contributed by atoms with Gasteiger partial charge in [-0.2, -0.15) is 0 Å². The Balaban J connectivity index is 1.84. The van der Waals surface area contributed by atoms with Gasteiger partial charge in [0.2, 0.25) is 5.91 Å². The Kier molecular flexibility index (Phi) is 5.90. The minimum absolute atomic E-state index is 0.0848.